The summed E-state index contributed by atoms with van der Waals surface area (Å²) < 4.78 is 11.7. The van der Waals surface area contributed by atoms with Gasteiger partial charge in [0.05, 0.1) is 19.3 Å². The predicted molar refractivity (Wildman–Crippen MR) is 86.8 cm³/mol. The molecular weight excluding hydrogens is 262 g/mol. The first-order valence-corrected chi connectivity index (χ1v) is 8.25. The zero-order valence-electron chi connectivity index (χ0n) is 13.5. The lowest BCUT2D eigenvalue weighted by atomic mass is 9.84. The molecule has 0 atom stereocenters. The van der Waals surface area contributed by atoms with Gasteiger partial charge in [-0.3, -0.25) is 0 Å². The topological polar surface area (TPSA) is 30.5 Å². The van der Waals surface area contributed by atoms with Gasteiger partial charge in [-0.25, -0.2) is 0 Å². The maximum absolute atomic E-state index is 6.38. The van der Waals surface area contributed by atoms with Gasteiger partial charge in [0.25, 0.3) is 0 Å². The molecule has 1 aromatic rings. The zero-order valence-corrected chi connectivity index (χ0v) is 13.5. The van der Waals surface area contributed by atoms with Crippen molar-refractivity contribution < 1.29 is 9.47 Å². The van der Waals surface area contributed by atoms with Crippen LogP contribution in [0.4, 0.5) is 0 Å². The fraction of sp³-hybridized carbons (Fsp3) is 0.667. The minimum absolute atomic E-state index is 0.0243. The maximum Gasteiger partial charge on any atom is 0.119 e. The minimum atomic E-state index is 0.0243. The van der Waals surface area contributed by atoms with E-state index in [4.69, 9.17) is 9.47 Å². The van der Waals surface area contributed by atoms with E-state index in [1.54, 1.807) is 7.11 Å². The molecule has 3 heteroatoms. The summed E-state index contributed by atoms with van der Waals surface area (Å²) in [6.07, 6.45) is 7.43. The van der Waals surface area contributed by atoms with Gasteiger partial charge in [0.2, 0.25) is 0 Å². The monoisotopic (exact) mass is 291 g/mol. The van der Waals surface area contributed by atoms with Crippen molar-refractivity contribution in [1.29, 1.82) is 0 Å². The zero-order chi connectivity index (χ0) is 15.0. The molecule has 118 valence electrons. The summed E-state index contributed by atoms with van der Waals surface area (Å²) in [5.74, 6) is 0.901. The third-order valence-electron chi connectivity index (χ3n) is 4.32. The smallest absolute Gasteiger partial charge is 0.119 e. The van der Waals surface area contributed by atoms with E-state index in [1.165, 1.54) is 44.1 Å². The van der Waals surface area contributed by atoms with Gasteiger partial charge in [-0.15, -0.1) is 0 Å². The molecule has 1 N–H and O–H groups in total. The molecule has 0 aromatic heterocycles. The maximum atomic E-state index is 6.38. The highest BCUT2D eigenvalue weighted by atomic mass is 16.5. The summed E-state index contributed by atoms with van der Waals surface area (Å²) in [5, 5.41) is 3.55. The van der Waals surface area contributed by atoms with Crippen LogP contribution in [0.15, 0.2) is 24.3 Å². The van der Waals surface area contributed by atoms with Crippen molar-refractivity contribution in [2.24, 2.45) is 0 Å². The lowest BCUT2D eigenvalue weighted by Crippen LogP contribution is -2.44. The molecule has 0 bridgehead atoms. The molecule has 0 saturated heterocycles. The predicted octanol–water partition coefficient (Wildman–Crippen LogP) is 3.91. The third kappa shape index (κ3) is 5.01. The molecule has 3 nitrogen and oxygen atoms in total. The molecule has 0 aliphatic heterocycles. The Bertz CT molecular complexity index is 413. The first kappa shape index (κ1) is 16.3. The van der Waals surface area contributed by atoms with Crippen LogP contribution in [0.5, 0.6) is 5.75 Å². The molecule has 0 spiro atoms. The van der Waals surface area contributed by atoms with Gasteiger partial charge in [-0.2, -0.15) is 0 Å². The number of hydrogen-bond acceptors (Lipinski definition) is 3. The summed E-state index contributed by atoms with van der Waals surface area (Å²) in [6.45, 7) is 4.93. The highest BCUT2D eigenvalue weighted by Gasteiger charge is 2.32. The van der Waals surface area contributed by atoms with Gasteiger partial charge in [-0.1, -0.05) is 38.3 Å². The van der Waals surface area contributed by atoms with E-state index in [0.29, 0.717) is 6.61 Å². The fourth-order valence-electron chi connectivity index (χ4n) is 3.06. The van der Waals surface area contributed by atoms with Crippen molar-refractivity contribution in [2.75, 3.05) is 20.2 Å². The third-order valence-corrected chi connectivity index (χ3v) is 4.32. The van der Waals surface area contributed by atoms with Crippen molar-refractivity contribution >= 4 is 0 Å². The molecule has 0 radical (unpaired) electrons. The van der Waals surface area contributed by atoms with E-state index in [-0.39, 0.29) is 5.60 Å². The Balaban J connectivity index is 1.94. The summed E-state index contributed by atoms with van der Waals surface area (Å²) in [7, 11) is 1.71. The molecule has 0 amide bonds. The Morgan fingerprint density at radius 3 is 2.71 bits per heavy atom. The lowest BCUT2D eigenvalue weighted by molar-refractivity contribution is -0.0784. The Hall–Kier alpha value is -1.06. The van der Waals surface area contributed by atoms with Gasteiger partial charge >= 0.3 is 0 Å². The van der Waals surface area contributed by atoms with Crippen LogP contribution < -0.4 is 10.1 Å². The van der Waals surface area contributed by atoms with E-state index in [0.717, 1.165) is 18.8 Å². The van der Waals surface area contributed by atoms with E-state index in [2.05, 4.69) is 24.4 Å². The van der Waals surface area contributed by atoms with Crippen LogP contribution in [0.25, 0.3) is 0 Å². The molecule has 1 aliphatic carbocycles. The number of rotatable bonds is 8. The average Bonchev–Trinajstić information content (AvgIpc) is 2.54. The average molecular weight is 291 g/mol. The quantitative estimate of drug-likeness (QED) is 0.737. The largest absolute Gasteiger partial charge is 0.497 e. The van der Waals surface area contributed by atoms with Crippen molar-refractivity contribution in [2.45, 2.75) is 57.7 Å². The Morgan fingerprint density at radius 2 is 2.00 bits per heavy atom. The standard InChI is InChI=1S/C18H29NO2/c1-3-12-19-15-18(10-5-4-6-11-18)21-14-16-8-7-9-17(13-16)20-2/h7-9,13,19H,3-6,10-12,14-15H2,1-2H3. The Morgan fingerprint density at radius 1 is 1.19 bits per heavy atom. The molecule has 1 saturated carbocycles. The molecule has 0 unspecified atom stereocenters. The Kier molecular flexibility index (Phi) is 6.52. The Labute approximate surface area is 129 Å². The van der Waals surface area contributed by atoms with Crippen molar-refractivity contribution in [3.8, 4) is 5.75 Å². The van der Waals surface area contributed by atoms with E-state index >= 15 is 0 Å². The number of benzene rings is 1. The van der Waals surface area contributed by atoms with Gasteiger partial charge in [0.15, 0.2) is 0 Å². The van der Waals surface area contributed by atoms with Crippen LogP contribution in [0.1, 0.15) is 51.0 Å². The van der Waals surface area contributed by atoms with E-state index < -0.39 is 0 Å². The first-order valence-electron chi connectivity index (χ1n) is 8.25. The van der Waals surface area contributed by atoms with Crippen LogP contribution >= 0.6 is 0 Å². The molecular formula is C18H29NO2. The highest BCUT2D eigenvalue weighted by molar-refractivity contribution is 5.27. The molecule has 1 aliphatic rings. The summed E-state index contributed by atoms with van der Waals surface area (Å²) in [6, 6.07) is 8.18. The van der Waals surface area contributed by atoms with Gasteiger partial charge in [0, 0.05) is 6.54 Å². The van der Waals surface area contributed by atoms with Crippen LogP contribution in [0, 0.1) is 0 Å². The minimum Gasteiger partial charge on any atom is -0.497 e. The summed E-state index contributed by atoms with van der Waals surface area (Å²) in [4.78, 5) is 0. The summed E-state index contributed by atoms with van der Waals surface area (Å²) >= 11 is 0. The van der Waals surface area contributed by atoms with E-state index in [9.17, 15) is 0 Å². The number of ether oxygens (including phenoxy) is 2. The van der Waals surface area contributed by atoms with Crippen LogP contribution in [0.3, 0.4) is 0 Å². The van der Waals surface area contributed by atoms with Crippen LogP contribution in [-0.4, -0.2) is 25.8 Å². The highest BCUT2D eigenvalue weighted by Crippen LogP contribution is 2.32. The van der Waals surface area contributed by atoms with Gasteiger partial charge < -0.3 is 14.8 Å². The van der Waals surface area contributed by atoms with Crippen LogP contribution in [0.2, 0.25) is 0 Å². The first-order chi connectivity index (χ1) is 10.3. The second kappa shape index (κ2) is 8.40. The summed E-state index contributed by atoms with van der Waals surface area (Å²) in [5.41, 5.74) is 1.21. The number of methoxy groups -OCH3 is 1. The molecule has 21 heavy (non-hydrogen) atoms. The van der Waals surface area contributed by atoms with Crippen molar-refractivity contribution in [3.05, 3.63) is 29.8 Å². The van der Waals surface area contributed by atoms with Crippen molar-refractivity contribution in [1.82, 2.24) is 5.32 Å². The van der Waals surface area contributed by atoms with Gasteiger partial charge in [0.1, 0.15) is 5.75 Å². The molecule has 1 fully saturated rings. The second-order valence-electron chi connectivity index (χ2n) is 6.06. The van der Waals surface area contributed by atoms with Crippen LogP contribution in [-0.2, 0) is 11.3 Å². The molecule has 2 rings (SSSR count). The fourth-order valence-corrected chi connectivity index (χ4v) is 3.06. The van der Waals surface area contributed by atoms with Gasteiger partial charge in [-0.05, 0) is 43.5 Å². The number of hydrogen-bond donors (Lipinski definition) is 1. The lowest BCUT2D eigenvalue weighted by Gasteiger charge is -2.37. The van der Waals surface area contributed by atoms with E-state index in [1.807, 2.05) is 12.1 Å². The normalized spacial score (nSPS) is 17.6. The number of nitrogens with one attached hydrogen (secondary N) is 1. The van der Waals surface area contributed by atoms with Crippen molar-refractivity contribution in [3.63, 3.8) is 0 Å². The SMILES string of the molecule is CCCNCC1(OCc2cccc(OC)c2)CCCCC1. The molecule has 1 aromatic carbocycles. The molecule has 0 heterocycles. The second-order valence-corrected chi connectivity index (χ2v) is 6.06.